The third-order valence-electron chi connectivity index (χ3n) is 22.4. The van der Waals surface area contributed by atoms with Crippen LogP contribution in [-0.4, -0.2) is 155 Å². The van der Waals surface area contributed by atoms with E-state index in [1.54, 1.807) is 27.7 Å². The molecule has 15 atom stereocenters. The van der Waals surface area contributed by atoms with Gasteiger partial charge in [-0.1, -0.05) is 71.4 Å². The van der Waals surface area contributed by atoms with Crippen LogP contribution in [0.3, 0.4) is 0 Å². The van der Waals surface area contributed by atoms with Gasteiger partial charge in [0.1, 0.15) is 17.7 Å². The number of piperidine rings is 2. The van der Waals surface area contributed by atoms with Crippen molar-refractivity contribution in [2.24, 2.45) is 46.3 Å². The molecule has 15 nitrogen and oxygen atoms in total. The normalized spacial score (nSPS) is 38.6. The molecule has 5 heterocycles. The van der Waals surface area contributed by atoms with Gasteiger partial charge >= 0.3 is 11.9 Å². The van der Waals surface area contributed by atoms with Crippen molar-refractivity contribution in [3.8, 4) is 23.3 Å². The van der Waals surface area contributed by atoms with Crippen LogP contribution in [0.4, 0.5) is 0 Å². The minimum absolute atomic E-state index is 0.00686. The molecule has 8 N–H and O–H groups in total. The first kappa shape index (κ1) is 60.6. The van der Waals surface area contributed by atoms with Gasteiger partial charge in [0, 0.05) is 123 Å². The molecule has 1 aromatic carbocycles. The number of phenolic OH excluding ortho intramolecular Hbond substituents is 1. The molecule has 5 aliphatic heterocycles. The molecule has 15 unspecified atom stereocenters. The standard InChI is InChI=1S/C65H97N5O10S2/c1-42(72)79-55-36-56(80-61(76)65-24-4-3-14-46(65)16-21-57(75)69-65)64(25-28-66-29-26-64)59-44(35-50-51(63(40-71)22-5-6-23-63)38-78-60-54(74)20-18-49(59)58(50)60)12-8-13-45-37-62(2,77)41-82-81-39-52(53(73)19-17-48(45)55)68-27-9-11-43-10-7-15-47(34-43)70-32-30-67-31-33-70/h7,15,18,20,43-48,50-53,55-56,59,66-68,71,73-74,77H,3-6,9-11,13-14,16-17,19,21-41H2,1-2H3,(H,69,75). The summed E-state index contributed by atoms with van der Waals surface area (Å²) in [5.41, 5.74) is -1.39. The molecule has 4 saturated heterocycles. The molecule has 5 aliphatic carbocycles. The zero-order valence-corrected chi connectivity index (χ0v) is 50.8. The predicted molar refractivity (Wildman–Crippen MR) is 321 cm³/mol. The summed E-state index contributed by atoms with van der Waals surface area (Å²) in [7, 11) is 3.34. The van der Waals surface area contributed by atoms with E-state index in [1.165, 1.54) is 13.3 Å². The van der Waals surface area contributed by atoms with Crippen molar-refractivity contribution in [2.75, 3.05) is 70.5 Å². The Hall–Kier alpha value is -3.05. The number of nitrogens with one attached hydrogen (secondary N) is 4. The maximum Gasteiger partial charge on any atom is 0.332 e. The second-order valence-electron chi connectivity index (χ2n) is 27.4. The van der Waals surface area contributed by atoms with Gasteiger partial charge < -0.3 is 55.9 Å². The Labute approximate surface area is 496 Å². The molecular weight excluding hydrogens is 1070 g/mol. The van der Waals surface area contributed by atoms with Gasteiger partial charge in [0.05, 0.1) is 18.3 Å². The lowest BCUT2D eigenvalue weighted by Gasteiger charge is -2.56. The number of ether oxygens (including phenoxy) is 3. The quantitative estimate of drug-likeness (QED) is 0.0348. The number of aliphatic hydroxyl groups is 3. The summed E-state index contributed by atoms with van der Waals surface area (Å²) in [6.45, 7) is 10.2. The van der Waals surface area contributed by atoms with Crippen molar-refractivity contribution in [2.45, 2.75) is 208 Å². The highest BCUT2D eigenvalue weighted by Gasteiger charge is 2.61. The summed E-state index contributed by atoms with van der Waals surface area (Å²) in [6, 6.07) is 4.12. The first-order valence-electron chi connectivity index (χ1n) is 32.2. The fraction of sp³-hybridized carbons (Fsp3) is 0.800. The topological polar surface area (TPSA) is 211 Å². The number of piperazine rings is 1. The van der Waals surface area contributed by atoms with Gasteiger partial charge in [0.2, 0.25) is 5.91 Å². The Balaban J connectivity index is 0.962. The van der Waals surface area contributed by atoms with Crippen LogP contribution in [0.25, 0.3) is 0 Å². The molecule has 1 spiro atoms. The van der Waals surface area contributed by atoms with Crippen LogP contribution < -0.4 is 26.0 Å². The minimum atomic E-state index is -1.18. The third kappa shape index (κ3) is 12.8. The molecule has 10 aliphatic rings. The molecular formula is C65H97N5O10S2. The van der Waals surface area contributed by atoms with Crippen molar-refractivity contribution in [3.63, 3.8) is 0 Å². The van der Waals surface area contributed by atoms with Crippen LogP contribution in [0, 0.1) is 58.2 Å². The summed E-state index contributed by atoms with van der Waals surface area (Å²) < 4.78 is 20.9. The van der Waals surface area contributed by atoms with E-state index in [0.717, 1.165) is 108 Å². The Morgan fingerprint density at radius 2 is 1.74 bits per heavy atom. The highest BCUT2D eigenvalue weighted by molar-refractivity contribution is 8.76. The van der Waals surface area contributed by atoms with Crippen molar-refractivity contribution < 1.29 is 49.0 Å². The van der Waals surface area contributed by atoms with Crippen LogP contribution in [0.15, 0.2) is 24.3 Å². The van der Waals surface area contributed by atoms with Gasteiger partial charge in [-0.25, -0.2) is 4.79 Å². The van der Waals surface area contributed by atoms with Gasteiger partial charge in [0.15, 0.2) is 11.5 Å². The highest BCUT2D eigenvalue weighted by Crippen LogP contribution is 2.65. The lowest BCUT2D eigenvalue weighted by Crippen LogP contribution is -2.65. The van der Waals surface area contributed by atoms with Crippen LogP contribution in [0.5, 0.6) is 11.5 Å². The summed E-state index contributed by atoms with van der Waals surface area (Å²) in [5, 5.41) is 62.3. The fourth-order valence-corrected chi connectivity index (χ4v) is 20.9. The number of amides is 1. The van der Waals surface area contributed by atoms with Crippen molar-refractivity contribution in [1.82, 2.24) is 26.2 Å². The van der Waals surface area contributed by atoms with E-state index in [4.69, 9.17) is 14.2 Å². The number of aromatic hydroxyl groups is 1. The van der Waals surface area contributed by atoms with Gasteiger partial charge in [-0.3, -0.25) is 14.5 Å². The second-order valence-corrected chi connectivity index (χ2v) is 29.9. The van der Waals surface area contributed by atoms with E-state index >= 15 is 4.79 Å². The Morgan fingerprint density at radius 3 is 2.54 bits per heavy atom. The van der Waals surface area contributed by atoms with Crippen LogP contribution in [0.1, 0.15) is 178 Å². The number of esters is 2. The first-order valence-corrected chi connectivity index (χ1v) is 34.7. The fourth-order valence-electron chi connectivity index (χ4n) is 18.2. The van der Waals surface area contributed by atoms with Gasteiger partial charge in [-0.2, -0.15) is 0 Å². The number of carbonyl (C=O) groups excluding carboxylic acids is 3. The zero-order chi connectivity index (χ0) is 57.1. The number of nitrogens with zero attached hydrogens (tertiary/aromatic N) is 1. The number of hydrogen-bond acceptors (Lipinski definition) is 16. The van der Waals surface area contributed by atoms with Gasteiger partial charge in [0.25, 0.3) is 0 Å². The van der Waals surface area contributed by atoms with Crippen molar-refractivity contribution in [3.05, 3.63) is 35.4 Å². The zero-order valence-electron chi connectivity index (χ0n) is 49.2. The Kier molecular flexibility index (Phi) is 19.6. The molecule has 17 heteroatoms. The molecule has 0 aromatic heterocycles. The molecule has 0 radical (unpaired) electrons. The Morgan fingerprint density at radius 1 is 0.951 bits per heavy atom. The second kappa shape index (κ2) is 26.5. The SMILES string of the molecule is CC(=O)OC1CC(OC(=O)C23CCCCC2CCC(=O)N3)C2(CCNCC2)C2c3ccc(O)c4c3C(CC2C#CCC2CC(C)(O)CSSCC(NCCCC3CC=CC(N5CCNCC5)C3)C(O)CCC21)C(C1(CO)CCCC1)CO4. The molecule has 82 heavy (non-hydrogen) atoms. The van der Waals surface area contributed by atoms with E-state index in [2.05, 4.69) is 56.2 Å². The predicted octanol–water partition coefficient (Wildman–Crippen LogP) is 7.88. The average Bonchev–Trinajstić information content (AvgIpc) is 2.59. The lowest BCUT2D eigenvalue weighted by atomic mass is 9.51. The first-order chi connectivity index (χ1) is 39.7. The number of hydrogen-bond donors (Lipinski definition) is 8. The van der Waals surface area contributed by atoms with Gasteiger partial charge in [-0.05, 0) is 158 Å². The van der Waals surface area contributed by atoms with Crippen LogP contribution in [0.2, 0.25) is 0 Å². The molecule has 454 valence electrons. The molecule has 0 bridgehead atoms. The number of rotatable bonds is 11. The molecule has 2 saturated carbocycles. The average molecular weight is 1170 g/mol. The summed E-state index contributed by atoms with van der Waals surface area (Å²) in [5.74, 6) is 7.78. The van der Waals surface area contributed by atoms with E-state index in [0.29, 0.717) is 113 Å². The highest BCUT2D eigenvalue weighted by atomic mass is 33.1. The van der Waals surface area contributed by atoms with E-state index in [1.807, 2.05) is 6.92 Å². The van der Waals surface area contributed by atoms with Crippen molar-refractivity contribution in [1.29, 1.82) is 0 Å². The number of phenols is 1. The lowest BCUT2D eigenvalue weighted by molar-refractivity contribution is -0.183. The molecule has 11 rings (SSSR count). The maximum absolute atomic E-state index is 15.8. The summed E-state index contributed by atoms with van der Waals surface area (Å²) in [4.78, 5) is 45.9. The monoisotopic (exact) mass is 1170 g/mol. The van der Waals surface area contributed by atoms with Crippen molar-refractivity contribution >= 4 is 39.4 Å². The Bertz CT molecular complexity index is 2490. The van der Waals surface area contributed by atoms with Crippen LogP contribution >= 0.6 is 21.6 Å². The smallest absolute Gasteiger partial charge is 0.332 e. The van der Waals surface area contributed by atoms with E-state index in [-0.39, 0.29) is 77.6 Å². The largest absolute Gasteiger partial charge is 0.504 e. The number of fused-ring (bicyclic) bond motifs is 5. The van der Waals surface area contributed by atoms with E-state index < -0.39 is 46.8 Å². The number of aliphatic hydroxyl groups excluding tert-OH is 2. The summed E-state index contributed by atoms with van der Waals surface area (Å²) >= 11 is 0. The number of allylic oxidation sites excluding steroid dienone is 1. The molecule has 1 amide bonds. The van der Waals surface area contributed by atoms with Crippen LogP contribution in [-0.2, 0) is 23.9 Å². The maximum atomic E-state index is 15.8. The molecule has 6 fully saturated rings. The summed E-state index contributed by atoms with van der Waals surface area (Å²) in [6.07, 6.45) is 18.6. The molecule has 1 aromatic rings. The van der Waals surface area contributed by atoms with Gasteiger partial charge in [-0.15, -0.1) is 5.92 Å². The number of carbonyl (C=O) groups is 3. The third-order valence-corrected chi connectivity index (χ3v) is 25.0. The minimum Gasteiger partial charge on any atom is -0.504 e. The number of benzene rings is 1. The van der Waals surface area contributed by atoms with E-state index in [9.17, 15) is 30.0 Å².